The minimum absolute atomic E-state index is 0.0616. The SMILES string of the molecule is CS(=O)(=O)N1CCC(C(=O)N(CC(=O)O)C2CC2)CC1. The van der Waals surface area contributed by atoms with Crippen LogP contribution in [0, 0.1) is 5.92 Å². The topological polar surface area (TPSA) is 95.0 Å². The summed E-state index contributed by atoms with van der Waals surface area (Å²) in [6, 6.07) is 0.0616. The molecule has 0 aromatic rings. The van der Waals surface area contributed by atoms with Crippen molar-refractivity contribution in [3.63, 3.8) is 0 Å². The average molecular weight is 304 g/mol. The fourth-order valence-electron chi connectivity index (χ4n) is 2.59. The summed E-state index contributed by atoms with van der Waals surface area (Å²) in [6.45, 7) is 0.414. The monoisotopic (exact) mass is 304 g/mol. The molecule has 0 radical (unpaired) electrons. The van der Waals surface area contributed by atoms with Crippen LogP contribution in [-0.4, -0.2) is 66.5 Å². The van der Waals surface area contributed by atoms with Gasteiger partial charge in [-0.05, 0) is 25.7 Å². The molecule has 1 saturated carbocycles. The third-order valence-electron chi connectivity index (χ3n) is 3.85. The van der Waals surface area contributed by atoms with Gasteiger partial charge >= 0.3 is 5.97 Å². The molecule has 1 heterocycles. The maximum atomic E-state index is 12.4. The van der Waals surface area contributed by atoms with Gasteiger partial charge < -0.3 is 10.0 Å². The third kappa shape index (κ3) is 3.69. The molecule has 2 aliphatic rings. The highest BCUT2D eigenvalue weighted by Crippen LogP contribution is 2.30. The van der Waals surface area contributed by atoms with Crippen molar-refractivity contribution in [3.05, 3.63) is 0 Å². The summed E-state index contributed by atoms with van der Waals surface area (Å²) in [4.78, 5) is 24.6. The number of aliphatic carboxylic acids is 1. The zero-order valence-electron chi connectivity index (χ0n) is 11.5. The Morgan fingerprint density at radius 1 is 1.20 bits per heavy atom. The van der Waals surface area contributed by atoms with Gasteiger partial charge in [-0.2, -0.15) is 0 Å². The van der Waals surface area contributed by atoms with Crippen molar-refractivity contribution >= 4 is 21.9 Å². The van der Waals surface area contributed by atoms with E-state index in [0.29, 0.717) is 25.9 Å². The third-order valence-corrected chi connectivity index (χ3v) is 5.15. The van der Waals surface area contributed by atoms with Crippen LogP contribution in [0.5, 0.6) is 0 Å². The second kappa shape index (κ2) is 5.69. The molecule has 0 aromatic heterocycles. The number of carboxylic acid groups (broad SMARTS) is 1. The number of amides is 1. The number of rotatable bonds is 5. The molecule has 0 atom stereocenters. The van der Waals surface area contributed by atoms with Gasteiger partial charge in [0.1, 0.15) is 6.54 Å². The van der Waals surface area contributed by atoms with E-state index < -0.39 is 16.0 Å². The van der Waals surface area contributed by atoms with Crippen LogP contribution in [0.1, 0.15) is 25.7 Å². The summed E-state index contributed by atoms with van der Waals surface area (Å²) in [6.07, 6.45) is 3.82. The number of sulfonamides is 1. The fraction of sp³-hybridized carbons (Fsp3) is 0.833. The molecule has 1 saturated heterocycles. The molecule has 0 bridgehead atoms. The van der Waals surface area contributed by atoms with E-state index in [1.165, 1.54) is 9.21 Å². The van der Waals surface area contributed by atoms with Crippen molar-refractivity contribution < 1.29 is 23.1 Å². The first kappa shape index (κ1) is 15.2. The van der Waals surface area contributed by atoms with Gasteiger partial charge in [0.15, 0.2) is 0 Å². The lowest BCUT2D eigenvalue weighted by Crippen LogP contribution is -2.46. The molecular formula is C12H20N2O5S. The molecule has 2 rings (SSSR count). The van der Waals surface area contributed by atoms with Crippen molar-refractivity contribution in [2.45, 2.75) is 31.7 Å². The van der Waals surface area contributed by atoms with Gasteiger partial charge in [-0.1, -0.05) is 0 Å². The Hall–Kier alpha value is -1.15. The molecule has 7 nitrogen and oxygen atoms in total. The molecular weight excluding hydrogens is 284 g/mol. The van der Waals surface area contributed by atoms with Crippen LogP contribution < -0.4 is 0 Å². The van der Waals surface area contributed by atoms with E-state index >= 15 is 0 Å². The van der Waals surface area contributed by atoms with Gasteiger partial charge in [0.05, 0.1) is 6.26 Å². The van der Waals surface area contributed by atoms with E-state index in [0.717, 1.165) is 19.1 Å². The molecule has 2 fully saturated rings. The minimum Gasteiger partial charge on any atom is -0.480 e. The molecule has 0 aromatic carbocycles. The standard InChI is InChI=1S/C12H20N2O5S/c1-20(18,19)13-6-4-9(5-7-13)12(17)14(8-11(15)16)10-2-3-10/h9-10H,2-8H2,1H3,(H,15,16). The van der Waals surface area contributed by atoms with Gasteiger partial charge in [-0.25, -0.2) is 12.7 Å². The molecule has 1 aliphatic heterocycles. The quantitative estimate of drug-likeness (QED) is 0.754. The number of carbonyl (C=O) groups is 2. The Kier molecular flexibility index (Phi) is 4.33. The van der Waals surface area contributed by atoms with Crippen molar-refractivity contribution in [2.75, 3.05) is 25.9 Å². The van der Waals surface area contributed by atoms with Crippen LogP contribution in [0.3, 0.4) is 0 Å². The average Bonchev–Trinajstić information content (AvgIpc) is 3.18. The summed E-state index contributed by atoms with van der Waals surface area (Å²) in [5.41, 5.74) is 0. The number of hydrogen-bond acceptors (Lipinski definition) is 4. The van der Waals surface area contributed by atoms with E-state index in [4.69, 9.17) is 5.11 Å². The van der Waals surface area contributed by atoms with Gasteiger partial charge in [0.2, 0.25) is 15.9 Å². The van der Waals surface area contributed by atoms with E-state index in [2.05, 4.69) is 0 Å². The van der Waals surface area contributed by atoms with Crippen LogP contribution in [-0.2, 0) is 19.6 Å². The highest BCUT2D eigenvalue weighted by atomic mass is 32.2. The van der Waals surface area contributed by atoms with Gasteiger partial charge in [0.25, 0.3) is 0 Å². The molecule has 0 spiro atoms. The number of hydrogen-bond donors (Lipinski definition) is 1. The summed E-state index contributed by atoms with van der Waals surface area (Å²) >= 11 is 0. The fourth-order valence-corrected chi connectivity index (χ4v) is 3.46. The first-order valence-electron chi connectivity index (χ1n) is 6.76. The van der Waals surface area contributed by atoms with E-state index in [1.807, 2.05) is 0 Å². The zero-order chi connectivity index (χ0) is 14.9. The van der Waals surface area contributed by atoms with Gasteiger partial charge in [-0.3, -0.25) is 9.59 Å². The van der Waals surface area contributed by atoms with Crippen LogP contribution in [0.2, 0.25) is 0 Å². The van der Waals surface area contributed by atoms with Crippen molar-refractivity contribution in [2.24, 2.45) is 5.92 Å². The highest BCUT2D eigenvalue weighted by molar-refractivity contribution is 7.88. The van der Waals surface area contributed by atoms with E-state index in [-0.39, 0.29) is 24.4 Å². The largest absolute Gasteiger partial charge is 0.480 e. The van der Waals surface area contributed by atoms with Crippen LogP contribution in [0.15, 0.2) is 0 Å². The molecule has 1 N–H and O–H groups in total. The summed E-state index contributed by atoms with van der Waals surface area (Å²) in [7, 11) is -3.20. The maximum absolute atomic E-state index is 12.4. The predicted octanol–water partition coefficient (Wildman–Crippen LogP) is -0.266. The lowest BCUT2D eigenvalue weighted by Gasteiger charge is -2.32. The maximum Gasteiger partial charge on any atom is 0.323 e. The Morgan fingerprint density at radius 3 is 2.15 bits per heavy atom. The summed E-state index contributed by atoms with van der Waals surface area (Å²) in [5, 5.41) is 8.88. The summed E-state index contributed by atoms with van der Waals surface area (Å²) < 4.78 is 24.2. The molecule has 114 valence electrons. The number of piperidine rings is 1. The number of nitrogens with zero attached hydrogens (tertiary/aromatic N) is 2. The molecule has 0 unspecified atom stereocenters. The zero-order valence-corrected chi connectivity index (χ0v) is 12.3. The molecule has 8 heteroatoms. The Morgan fingerprint density at radius 2 is 1.75 bits per heavy atom. The van der Waals surface area contributed by atoms with Crippen LogP contribution in [0.4, 0.5) is 0 Å². The smallest absolute Gasteiger partial charge is 0.323 e. The predicted molar refractivity (Wildman–Crippen MR) is 71.5 cm³/mol. The number of carboxylic acids is 1. The van der Waals surface area contributed by atoms with Crippen molar-refractivity contribution in [3.8, 4) is 0 Å². The molecule has 20 heavy (non-hydrogen) atoms. The number of carbonyl (C=O) groups excluding carboxylic acids is 1. The van der Waals surface area contributed by atoms with Gasteiger partial charge in [0, 0.05) is 25.0 Å². The Bertz CT molecular complexity index is 492. The minimum atomic E-state index is -3.20. The van der Waals surface area contributed by atoms with E-state index in [1.54, 1.807) is 0 Å². The summed E-state index contributed by atoms with van der Waals surface area (Å²) in [5.74, 6) is -1.39. The second-order valence-corrected chi connectivity index (χ2v) is 7.51. The van der Waals surface area contributed by atoms with Gasteiger partial charge in [-0.15, -0.1) is 0 Å². The first-order valence-corrected chi connectivity index (χ1v) is 8.61. The normalized spacial score (nSPS) is 21.6. The Labute approximate surface area is 118 Å². The molecule has 1 aliphatic carbocycles. The van der Waals surface area contributed by atoms with Crippen LogP contribution >= 0.6 is 0 Å². The Balaban J connectivity index is 1.95. The van der Waals surface area contributed by atoms with Crippen molar-refractivity contribution in [1.82, 2.24) is 9.21 Å². The highest BCUT2D eigenvalue weighted by Gasteiger charge is 2.38. The molecule has 1 amide bonds. The van der Waals surface area contributed by atoms with E-state index in [9.17, 15) is 18.0 Å². The van der Waals surface area contributed by atoms with Crippen LogP contribution in [0.25, 0.3) is 0 Å². The first-order chi connectivity index (χ1) is 9.29. The van der Waals surface area contributed by atoms with Crippen molar-refractivity contribution in [1.29, 1.82) is 0 Å². The lowest BCUT2D eigenvalue weighted by atomic mass is 9.96. The lowest BCUT2D eigenvalue weighted by molar-refractivity contribution is -0.147. The second-order valence-electron chi connectivity index (χ2n) is 5.53.